The summed E-state index contributed by atoms with van der Waals surface area (Å²) < 4.78 is 37.0. The van der Waals surface area contributed by atoms with E-state index in [0.717, 1.165) is 0 Å². The van der Waals surface area contributed by atoms with Crippen molar-refractivity contribution in [3.05, 3.63) is 0 Å². The van der Waals surface area contributed by atoms with Crippen molar-refractivity contribution in [2.45, 2.75) is 29.6 Å². The summed E-state index contributed by atoms with van der Waals surface area (Å²) in [7, 11) is 0. The lowest BCUT2D eigenvalue weighted by molar-refractivity contribution is -0.167. The lowest BCUT2D eigenvalue weighted by atomic mass is 10.2. The minimum atomic E-state index is -4.54. The number of hydrogen-bond donors (Lipinski definition) is 3. The van der Waals surface area contributed by atoms with Gasteiger partial charge in [0.25, 0.3) is 0 Å². The quantitative estimate of drug-likeness (QED) is 0.492. The number of rotatable bonds is 7. The highest BCUT2D eigenvalue weighted by atomic mass is 32.2. The molecule has 0 saturated heterocycles. The molecule has 0 aromatic heterocycles. The molecule has 96 valence electrons. The monoisotopic (exact) mass is 277 g/mol. The van der Waals surface area contributed by atoms with Crippen molar-refractivity contribution in [2.75, 3.05) is 12.8 Å². The normalized spacial score (nSPS) is 15.8. The van der Waals surface area contributed by atoms with Gasteiger partial charge in [-0.05, 0) is 19.2 Å². The van der Waals surface area contributed by atoms with Gasteiger partial charge in [0.1, 0.15) is 6.04 Å². The molecule has 2 unspecified atom stereocenters. The molecule has 0 fully saturated rings. The van der Waals surface area contributed by atoms with Gasteiger partial charge in [-0.15, -0.1) is 0 Å². The Morgan fingerprint density at radius 3 is 2.50 bits per heavy atom. The molecule has 3 nitrogen and oxygen atoms in total. The average molecular weight is 277 g/mol. The third-order valence-electron chi connectivity index (χ3n) is 1.83. The summed E-state index contributed by atoms with van der Waals surface area (Å²) >= 11 is 5.52. The number of aliphatic carboxylic acids is 1. The highest BCUT2D eigenvalue weighted by molar-refractivity contribution is 8.09. The number of thioether (sulfide) groups is 1. The second-order valence-electron chi connectivity index (χ2n) is 3.13. The zero-order valence-electron chi connectivity index (χ0n) is 8.62. The van der Waals surface area contributed by atoms with Gasteiger partial charge < -0.3 is 10.4 Å². The van der Waals surface area contributed by atoms with E-state index in [0.29, 0.717) is 6.42 Å². The van der Waals surface area contributed by atoms with Crippen molar-refractivity contribution in [1.29, 1.82) is 0 Å². The molecule has 0 aliphatic heterocycles. The molecule has 2 N–H and O–H groups in total. The fraction of sp³-hybridized carbons (Fsp3) is 0.875. The summed E-state index contributed by atoms with van der Waals surface area (Å²) in [4.78, 5) is 10.3. The Morgan fingerprint density at radius 1 is 1.56 bits per heavy atom. The van der Waals surface area contributed by atoms with Crippen molar-refractivity contribution in [2.24, 2.45) is 0 Å². The Kier molecular flexibility index (Phi) is 7.25. The Balaban J connectivity index is 4.08. The van der Waals surface area contributed by atoms with E-state index in [1.165, 1.54) is 11.8 Å². The van der Waals surface area contributed by atoms with Gasteiger partial charge in [0.15, 0.2) is 0 Å². The van der Waals surface area contributed by atoms with E-state index in [1.807, 2.05) is 0 Å². The third-order valence-corrected chi connectivity index (χ3v) is 3.50. The maximum atomic E-state index is 12.3. The summed E-state index contributed by atoms with van der Waals surface area (Å²) in [5.74, 6) is -1.47. The first-order valence-corrected chi connectivity index (χ1v) is 6.30. The molecule has 0 bridgehead atoms. The second-order valence-corrected chi connectivity index (χ2v) is 5.14. The lowest BCUT2D eigenvalue weighted by Gasteiger charge is -2.20. The number of halogens is 3. The Hall–Kier alpha value is -0.0800. The summed E-state index contributed by atoms with van der Waals surface area (Å²) in [5, 5.41) is 10.5. The molecule has 0 aromatic carbocycles. The molecule has 0 radical (unpaired) electrons. The average Bonchev–Trinajstić information content (AvgIpc) is 2.13. The molecule has 0 rings (SSSR count). The predicted octanol–water partition coefficient (Wildman–Crippen LogP) is 1.99. The van der Waals surface area contributed by atoms with Gasteiger partial charge in [-0.2, -0.15) is 37.6 Å². The van der Waals surface area contributed by atoms with Crippen LogP contribution in [0.25, 0.3) is 0 Å². The first-order valence-electron chi connectivity index (χ1n) is 4.50. The van der Waals surface area contributed by atoms with Gasteiger partial charge >= 0.3 is 12.1 Å². The number of carboxylic acid groups (broad SMARTS) is 1. The molecule has 16 heavy (non-hydrogen) atoms. The van der Waals surface area contributed by atoms with Gasteiger partial charge in [-0.1, -0.05) is 0 Å². The van der Waals surface area contributed by atoms with Crippen LogP contribution in [0.3, 0.4) is 0 Å². The van der Waals surface area contributed by atoms with Gasteiger partial charge in [-0.25, -0.2) is 0 Å². The first-order chi connectivity index (χ1) is 7.27. The number of carbonyl (C=O) groups is 1. The Labute approximate surface area is 102 Å². The molecule has 2 atom stereocenters. The molecule has 8 heteroatoms. The molecule has 0 aliphatic rings. The lowest BCUT2D eigenvalue weighted by Crippen LogP contribution is -2.44. The Bertz CT molecular complexity index is 226. The van der Waals surface area contributed by atoms with E-state index in [2.05, 4.69) is 17.9 Å². The number of hydrogen-bond acceptors (Lipinski definition) is 4. The highest BCUT2D eigenvalue weighted by Gasteiger charge is 2.40. The maximum Gasteiger partial charge on any atom is 0.404 e. The van der Waals surface area contributed by atoms with Crippen LogP contribution in [-0.2, 0) is 4.79 Å². The van der Waals surface area contributed by atoms with Gasteiger partial charge in [0, 0.05) is 4.58 Å². The first kappa shape index (κ1) is 15.9. The largest absolute Gasteiger partial charge is 0.481 e. The standard InChI is InChI=1S/C8H14F3NO2S2/c1-16-7(15)2-3-12-5(4-6(13)14)8(9,10)11/h5,7,12,15H,2-4H2,1H3,(H,13,14). The van der Waals surface area contributed by atoms with Crippen molar-refractivity contribution >= 4 is 30.4 Å². The number of carboxylic acids is 1. The van der Waals surface area contributed by atoms with Crippen LogP contribution in [0.15, 0.2) is 0 Å². The van der Waals surface area contributed by atoms with E-state index in [-0.39, 0.29) is 11.1 Å². The predicted molar refractivity (Wildman–Crippen MR) is 61.0 cm³/mol. The van der Waals surface area contributed by atoms with E-state index in [1.54, 1.807) is 6.26 Å². The highest BCUT2D eigenvalue weighted by Crippen LogP contribution is 2.23. The van der Waals surface area contributed by atoms with Crippen LogP contribution in [0, 0.1) is 0 Å². The third kappa shape index (κ3) is 7.24. The van der Waals surface area contributed by atoms with E-state index >= 15 is 0 Å². The van der Waals surface area contributed by atoms with Crippen molar-refractivity contribution < 1.29 is 23.1 Å². The summed E-state index contributed by atoms with van der Waals surface area (Å²) in [6, 6.07) is -1.99. The van der Waals surface area contributed by atoms with Crippen molar-refractivity contribution in [3.63, 3.8) is 0 Å². The minimum absolute atomic E-state index is 0.0498. The zero-order valence-corrected chi connectivity index (χ0v) is 10.3. The van der Waals surface area contributed by atoms with Crippen LogP contribution < -0.4 is 5.32 Å². The maximum absolute atomic E-state index is 12.3. The number of alkyl halides is 3. The summed E-state index contributed by atoms with van der Waals surface area (Å²) in [6.45, 7) is 0.0897. The topological polar surface area (TPSA) is 49.3 Å². The molecule has 0 amide bonds. The fourth-order valence-electron chi connectivity index (χ4n) is 0.977. The number of thiol groups is 1. The molecule has 0 saturated carbocycles. The summed E-state index contributed by atoms with van der Waals surface area (Å²) in [5.41, 5.74) is 0. The Morgan fingerprint density at radius 2 is 2.12 bits per heavy atom. The molecular formula is C8H14F3NO2S2. The van der Waals surface area contributed by atoms with E-state index in [4.69, 9.17) is 5.11 Å². The fourth-order valence-corrected chi connectivity index (χ4v) is 1.46. The SMILES string of the molecule is CSC(S)CCNC(CC(=O)O)C(F)(F)F. The molecule has 0 aromatic rings. The summed E-state index contributed by atoms with van der Waals surface area (Å²) in [6.07, 6.45) is -3.25. The smallest absolute Gasteiger partial charge is 0.404 e. The van der Waals surface area contributed by atoms with Gasteiger partial charge in [0.05, 0.1) is 6.42 Å². The van der Waals surface area contributed by atoms with E-state index in [9.17, 15) is 18.0 Å². The van der Waals surface area contributed by atoms with Crippen LogP contribution in [0.4, 0.5) is 13.2 Å². The van der Waals surface area contributed by atoms with Crippen molar-refractivity contribution in [3.8, 4) is 0 Å². The van der Waals surface area contributed by atoms with Gasteiger partial charge in [0.2, 0.25) is 0 Å². The van der Waals surface area contributed by atoms with Crippen LogP contribution in [0.1, 0.15) is 12.8 Å². The van der Waals surface area contributed by atoms with E-state index < -0.39 is 24.6 Å². The van der Waals surface area contributed by atoms with Gasteiger partial charge in [-0.3, -0.25) is 4.79 Å². The van der Waals surface area contributed by atoms with Crippen LogP contribution >= 0.6 is 24.4 Å². The molecule has 0 spiro atoms. The second kappa shape index (κ2) is 7.29. The molecular weight excluding hydrogens is 263 g/mol. The van der Waals surface area contributed by atoms with Crippen molar-refractivity contribution in [1.82, 2.24) is 5.32 Å². The zero-order chi connectivity index (χ0) is 12.8. The molecule has 0 aliphatic carbocycles. The van der Waals surface area contributed by atoms with Crippen LogP contribution in [0.5, 0.6) is 0 Å². The van der Waals surface area contributed by atoms with Crippen LogP contribution in [0.2, 0.25) is 0 Å². The molecule has 0 heterocycles. The number of nitrogens with one attached hydrogen (secondary N) is 1. The minimum Gasteiger partial charge on any atom is -0.481 e. The van der Waals surface area contributed by atoms with Crippen LogP contribution in [-0.4, -0.2) is 40.7 Å².